The molecule has 0 fully saturated rings. The first-order chi connectivity index (χ1) is 12.0. The molecular formula is C18H18Cl2N2O2S. The zero-order valence-electron chi connectivity index (χ0n) is 13.6. The number of anilines is 1. The Morgan fingerprint density at radius 1 is 1.16 bits per heavy atom. The SMILES string of the molecule is CCCCOc1ccc(C(=O)NC(=S)Nc2ccc(Cl)cc2Cl)cc1. The van der Waals surface area contributed by atoms with E-state index in [4.69, 9.17) is 40.2 Å². The summed E-state index contributed by atoms with van der Waals surface area (Å²) >= 11 is 17.1. The number of nitrogens with one attached hydrogen (secondary N) is 2. The fourth-order valence-corrected chi connectivity index (χ4v) is 2.61. The van der Waals surface area contributed by atoms with Crippen LogP contribution < -0.4 is 15.4 Å². The molecule has 0 aliphatic heterocycles. The quantitative estimate of drug-likeness (QED) is 0.513. The van der Waals surface area contributed by atoms with Gasteiger partial charge in [-0.2, -0.15) is 0 Å². The molecule has 1 amide bonds. The van der Waals surface area contributed by atoms with Crippen LogP contribution in [-0.2, 0) is 0 Å². The summed E-state index contributed by atoms with van der Waals surface area (Å²) in [5.41, 5.74) is 1.05. The average Bonchev–Trinajstić information content (AvgIpc) is 2.58. The standard InChI is InChI=1S/C18H18Cl2N2O2S/c1-2-3-10-24-14-7-4-12(5-8-14)17(23)22-18(25)21-16-9-6-13(19)11-15(16)20/h4-9,11H,2-3,10H2,1H3,(H2,21,22,23,25). The van der Waals surface area contributed by atoms with Crippen LogP contribution in [-0.4, -0.2) is 17.6 Å². The van der Waals surface area contributed by atoms with Crippen molar-refractivity contribution in [3.63, 3.8) is 0 Å². The summed E-state index contributed by atoms with van der Waals surface area (Å²) in [5, 5.41) is 6.56. The lowest BCUT2D eigenvalue weighted by molar-refractivity contribution is 0.0977. The maximum Gasteiger partial charge on any atom is 0.257 e. The summed E-state index contributed by atoms with van der Waals surface area (Å²) in [5.74, 6) is 0.418. The van der Waals surface area contributed by atoms with E-state index < -0.39 is 0 Å². The van der Waals surface area contributed by atoms with Crippen molar-refractivity contribution < 1.29 is 9.53 Å². The van der Waals surface area contributed by atoms with Gasteiger partial charge < -0.3 is 10.1 Å². The number of thiocarbonyl (C=S) groups is 1. The average molecular weight is 397 g/mol. The Balaban J connectivity index is 1.91. The fourth-order valence-electron chi connectivity index (χ4n) is 1.96. The molecule has 0 atom stereocenters. The molecule has 0 aliphatic rings. The Labute approximate surface area is 162 Å². The summed E-state index contributed by atoms with van der Waals surface area (Å²) in [6.45, 7) is 2.77. The van der Waals surface area contributed by atoms with Gasteiger partial charge >= 0.3 is 0 Å². The van der Waals surface area contributed by atoms with Crippen LogP contribution in [0, 0.1) is 0 Å². The number of benzene rings is 2. The van der Waals surface area contributed by atoms with Crippen molar-refractivity contribution in [3.05, 3.63) is 58.1 Å². The van der Waals surface area contributed by atoms with Gasteiger partial charge in [0.1, 0.15) is 5.75 Å². The molecule has 0 saturated carbocycles. The molecular weight excluding hydrogens is 379 g/mol. The largest absolute Gasteiger partial charge is 0.494 e. The van der Waals surface area contributed by atoms with Gasteiger partial charge in [0, 0.05) is 10.6 Å². The maximum absolute atomic E-state index is 12.2. The second kappa shape index (κ2) is 9.61. The number of hydrogen-bond donors (Lipinski definition) is 2. The smallest absolute Gasteiger partial charge is 0.257 e. The Kier molecular flexibility index (Phi) is 7.50. The zero-order chi connectivity index (χ0) is 18.2. The number of halogens is 2. The monoisotopic (exact) mass is 396 g/mol. The molecule has 25 heavy (non-hydrogen) atoms. The van der Waals surface area contributed by atoms with E-state index in [-0.39, 0.29) is 11.0 Å². The molecule has 0 spiro atoms. The Morgan fingerprint density at radius 3 is 2.52 bits per heavy atom. The first kappa shape index (κ1) is 19.5. The van der Waals surface area contributed by atoms with Gasteiger partial charge in [0.2, 0.25) is 0 Å². The molecule has 0 saturated heterocycles. The Bertz CT molecular complexity index is 751. The molecule has 0 aliphatic carbocycles. The van der Waals surface area contributed by atoms with E-state index in [1.54, 1.807) is 42.5 Å². The summed E-state index contributed by atoms with van der Waals surface area (Å²) < 4.78 is 5.57. The molecule has 2 rings (SSSR count). The van der Waals surface area contributed by atoms with Gasteiger partial charge in [0.15, 0.2) is 5.11 Å². The van der Waals surface area contributed by atoms with Gasteiger partial charge in [-0.15, -0.1) is 0 Å². The first-order valence-corrected chi connectivity index (χ1v) is 8.96. The molecule has 2 aromatic rings. The number of rotatable bonds is 6. The third-order valence-corrected chi connectivity index (χ3v) is 4.04. The zero-order valence-corrected chi connectivity index (χ0v) is 16.0. The van der Waals surface area contributed by atoms with E-state index in [2.05, 4.69) is 17.6 Å². The van der Waals surface area contributed by atoms with Crippen molar-refractivity contribution >= 4 is 52.1 Å². The van der Waals surface area contributed by atoms with Crippen LogP contribution in [0.25, 0.3) is 0 Å². The van der Waals surface area contributed by atoms with Crippen molar-refractivity contribution in [2.75, 3.05) is 11.9 Å². The number of carbonyl (C=O) groups excluding carboxylic acids is 1. The van der Waals surface area contributed by atoms with Crippen LogP contribution in [0.5, 0.6) is 5.75 Å². The van der Waals surface area contributed by atoms with Crippen molar-refractivity contribution in [2.24, 2.45) is 0 Å². The van der Waals surface area contributed by atoms with E-state index in [0.717, 1.165) is 18.6 Å². The fraction of sp³-hybridized carbons (Fsp3) is 0.222. The second-order valence-corrected chi connectivity index (χ2v) is 6.51. The third-order valence-electron chi connectivity index (χ3n) is 3.29. The minimum Gasteiger partial charge on any atom is -0.494 e. The molecule has 132 valence electrons. The van der Waals surface area contributed by atoms with E-state index in [0.29, 0.717) is 27.9 Å². The first-order valence-electron chi connectivity index (χ1n) is 7.80. The van der Waals surface area contributed by atoms with Crippen molar-refractivity contribution in [2.45, 2.75) is 19.8 Å². The maximum atomic E-state index is 12.2. The van der Waals surface area contributed by atoms with Gasteiger partial charge in [-0.3, -0.25) is 10.1 Å². The van der Waals surface area contributed by atoms with Gasteiger partial charge in [0.05, 0.1) is 17.3 Å². The number of unbranched alkanes of at least 4 members (excludes halogenated alkanes) is 1. The van der Waals surface area contributed by atoms with E-state index in [1.165, 1.54) is 0 Å². The Morgan fingerprint density at radius 2 is 1.88 bits per heavy atom. The molecule has 7 heteroatoms. The lowest BCUT2D eigenvalue weighted by atomic mass is 10.2. The lowest BCUT2D eigenvalue weighted by Crippen LogP contribution is -2.34. The lowest BCUT2D eigenvalue weighted by Gasteiger charge is -2.11. The summed E-state index contributed by atoms with van der Waals surface area (Å²) in [6.07, 6.45) is 2.07. The van der Waals surface area contributed by atoms with Crippen LogP contribution >= 0.6 is 35.4 Å². The molecule has 4 nitrogen and oxygen atoms in total. The van der Waals surface area contributed by atoms with Crippen LogP contribution in [0.1, 0.15) is 30.1 Å². The summed E-state index contributed by atoms with van der Waals surface area (Å²) in [6, 6.07) is 11.9. The number of carbonyl (C=O) groups is 1. The topological polar surface area (TPSA) is 50.4 Å². The van der Waals surface area contributed by atoms with Gasteiger partial charge in [-0.1, -0.05) is 36.5 Å². The number of amides is 1. The summed E-state index contributed by atoms with van der Waals surface area (Å²) in [4.78, 5) is 12.2. The highest BCUT2D eigenvalue weighted by Gasteiger charge is 2.09. The molecule has 0 heterocycles. The van der Waals surface area contributed by atoms with E-state index >= 15 is 0 Å². The number of ether oxygens (including phenoxy) is 1. The highest BCUT2D eigenvalue weighted by Crippen LogP contribution is 2.25. The van der Waals surface area contributed by atoms with Crippen molar-refractivity contribution in [1.29, 1.82) is 0 Å². The van der Waals surface area contributed by atoms with Crippen LogP contribution in [0.2, 0.25) is 10.0 Å². The minimum atomic E-state index is -0.317. The van der Waals surface area contributed by atoms with Gasteiger partial charge in [-0.25, -0.2) is 0 Å². The van der Waals surface area contributed by atoms with Crippen LogP contribution in [0.15, 0.2) is 42.5 Å². The minimum absolute atomic E-state index is 0.150. The predicted octanol–water partition coefficient (Wildman–Crippen LogP) is 5.30. The Hall–Kier alpha value is -1.82. The highest BCUT2D eigenvalue weighted by atomic mass is 35.5. The van der Waals surface area contributed by atoms with Crippen molar-refractivity contribution in [3.8, 4) is 5.75 Å². The van der Waals surface area contributed by atoms with Gasteiger partial charge in [0.25, 0.3) is 5.91 Å². The van der Waals surface area contributed by atoms with Crippen LogP contribution in [0.3, 0.4) is 0 Å². The van der Waals surface area contributed by atoms with Gasteiger partial charge in [-0.05, 0) is 61.1 Å². The normalized spacial score (nSPS) is 10.2. The summed E-state index contributed by atoms with van der Waals surface area (Å²) in [7, 11) is 0. The third kappa shape index (κ3) is 6.20. The second-order valence-electron chi connectivity index (χ2n) is 5.26. The van der Waals surface area contributed by atoms with Crippen molar-refractivity contribution in [1.82, 2.24) is 5.32 Å². The van der Waals surface area contributed by atoms with Crippen LogP contribution in [0.4, 0.5) is 5.69 Å². The van der Waals surface area contributed by atoms with E-state index in [9.17, 15) is 4.79 Å². The predicted molar refractivity (Wildman–Crippen MR) is 107 cm³/mol. The molecule has 0 aromatic heterocycles. The molecule has 2 N–H and O–H groups in total. The molecule has 0 unspecified atom stereocenters. The number of hydrogen-bond acceptors (Lipinski definition) is 3. The van der Waals surface area contributed by atoms with E-state index in [1.807, 2.05) is 0 Å². The highest BCUT2D eigenvalue weighted by molar-refractivity contribution is 7.80. The molecule has 0 bridgehead atoms. The molecule has 0 radical (unpaired) electrons. The molecule has 2 aromatic carbocycles.